The van der Waals surface area contributed by atoms with Gasteiger partial charge < -0.3 is 10.1 Å². The Hall–Kier alpha value is -2.55. The zero-order valence-corrected chi connectivity index (χ0v) is 11.6. The van der Waals surface area contributed by atoms with Gasteiger partial charge in [-0.1, -0.05) is 48.0 Å². The Kier molecular flexibility index (Phi) is 4.56. The summed E-state index contributed by atoms with van der Waals surface area (Å²) in [5.74, 6) is 0.0111. The van der Waals surface area contributed by atoms with Crippen LogP contribution in [0.3, 0.4) is 0 Å². The molecule has 0 saturated carbocycles. The van der Waals surface area contributed by atoms with Gasteiger partial charge in [-0.3, -0.25) is 4.79 Å². The summed E-state index contributed by atoms with van der Waals surface area (Å²) < 4.78 is 5.16. The highest BCUT2D eigenvalue weighted by Crippen LogP contribution is 2.12. The van der Waals surface area contributed by atoms with Gasteiger partial charge >= 0.3 is 0 Å². The SMILES string of the molecule is CO/C(=C\c1ccccc1)C(=O)Nc1ccc(C)cc1. The number of rotatable bonds is 4. The van der Waals surface area contributed by atoms with Crippen molar-refractivity contribution in [2.75, 3.05) is 12.4 Å². The second kappa shape index (κ2) is 6.57. The summed E-state index contributed by atoms with van der Waals surface area (Å²) in [7, 11) is 1.49. The standard InChI is InChI=1S/C17H17NO2/c1-13-8-10-15(11-9-13)18-17(19)16(20-2)12-14-6-4-3-5-7-14/h3-12H,1-2H3,(H,18,19)/b16-12-. The van der Waals surface area contributed by atoms with E-state index >= 15 is 0 Å². The molecular weight excluding hydrogens is 250 g/mol. The Morgan fingerprint density at radius 2 is 1.70 bits per heavy atom. The van der Waals surface area contributed by atoms with Gasteiger partial charge in [-0.25, -0.2) is 0 Å². The molecule has 0 heterocycles. The van der Waals surface area contributed by atoms with Crippen LogP contribution in [0.5, 0.6) is 0 Å². The van der Waals surface area contributed by atoms with E-state index in [1.165, 1.54) is 7.11 Å². The highest BCUT2D eigenvalue weighted by molar-refractivity contribution is 6.05. The van der Waals surface area contributed by atoms with E-state index in [0.717, 1.165) is 16.8 Å². The molecule has 1 N–H and O–H groups in total. The topological polar surface area (TPSA) is 38.3 Å². The summed E-state index contributed by atoms with van der Waals surface area (Å²) in [4.78, 5) is 12.1. The second-order valence-electron chi connectivity index (χ2n) is 4.44. The minimum atomic E-state index is -0.264. The molecule has 0 aromatic heterocycles. The van der Waals surface area contributed by atoms with Crippen molar-refractivity contribution in [3.05, 3.63) is 71.5 Å². The van der Waals surface area contributed by atoms with Crippen molar-refractivity contribution in [2.45, 2.75) is 6.92 Å². The van der Waals surface area contributed by atoms with E-state index in [4.69, 9.17) is 4.74 Å². The Balaban J connectivity index is 2.13. The summed E-state index contributed by atoms with van der Waals surface area (Å²) in [6.45, 7) is 2.00. The fourth-order valence-corrected chi connectivity index (χ4v) is 1.75. The lowest BCUT2D eigenvalue weighted by Crippen LogP contribution is -2.15. The van der Waals surface area contributed by atoms with E-state index < -0.39 is 0 Å². The maximum atomic E-state index is 12.1. The first-order chi connectivity index (χ1) is 9.69. The lowest BCUT2D eigenvalue weighted by Gasteiger charge is -2.08. The number of hydrogen-bond acceptors (Lipinski definition) is 2. The number of carbonyl (C=O) groups excluding carboxylic acids is 1. The number of anilines is 1. The summed E-state index contributed by atoms with van der Waals surface area (Å²) >= 11 is 0. The largest absolute Gasteiger partial charge is 0.491 e. The van der Waals surface area contributed by atoms with Gasteiger partial charge in [-0.15, -0.1) is 0 Å². The third-order valence-electron chi connectivity index (χ3n) is 2.85. The third-order valence-corrected chi connectivity index (χ3v) is 2.85. The smallest absolute Gasteiger partial charge is 0.290 e. The van der Waals surface area contributed by atoms with Crippen LogP contribution >= 0.6 is 0 Å². The van der Waals surface area contributed by atoms with Crippen molar-refractivity contribution in [2.24, 2.45) is 0 Å². The van der Waals surface area contributed by atoms with E-state index in [0.29, 0.717) is 0 Å². The molecule has 20 heavy (non-hydrogen) atoms. The third kappa shape index (κ3) is 3.72. The summed E-state index contributed by atoms with van der Waals surface area (Å²) in [5, 5.41) is 2.81. The lowest BCUT2D eigenvalue weighted by atomic mass is 10.2. The van der Waals surface area contributed by atoms with Crippen LogP contribution in [0.2, 0.25) is 0 Å². The maximum Gasteiger partial charge on any atom is 0.290 e. The molecule has 0 unspecified atom stereocenters. The molecule has 0 radical (unpaired) electrons. The molecule has 0 saturated heterocycles. The number of aryl methyl sites for hydroxylation is 1. The Morgan fingerprint density at radius 3 is 2.30 bits per heavy atom. The van der Waals surface area contributed by atoms with E-state index in [1.807, 2.05) is 61.5 Å². The number of methoxy groups -OCH3 is 1. The van der Waals surface area contributed by atoms with E-state index in [9.17, 15) is 4.79 Å². The fourth-order valence-electron chi connectivity index (χ4n) is 1.75. The molecule has 0 fully saturated rings. The minimum Gasteiger partial charge on any atom is -0.491 e. The Bertz CT molecular complexity index is 601. The predicted octanol–water partition coefficient (Wildman–Crippen LogP) is 3.62. The number of carbonyl (C=O) groups is 1. The highest BCUT2D eigenvalue weighted by atomic mass is 16.5. The van der Waals surface area contributed by atoms with Crippen molar-refractivity contribution in [3.63, 3.8) is 0 Å². The average Bonchev–Trinajstić information content (AvgIpc) is 2.48. The van der Waals surface area contributed by atoms with Gasteiger partial charge in [0.25, 0.3) is 5.91 Å². The van der Waals surface area contributed by atoms with Gasteiger partial charge in [0.15, 0.2) is 5.76 Å². The van der Waals surface area contributed by atoms with Crippen molar-refractivity contribution >= 4 is 17.7 Å². The molecular formula is C17H17NO2. The number of benzene rings is 2. The number of nitrogens with one attached hydrogen (secondary N) is 1. The van der Waals surface area contributed by atoms with E-state index in [1.54, 1.807) is 6.08 Å². The average molecular weight is 267 g/mol. The van der Waals surface area contributed by atoms with Crippen LogP contribution < -0.4 is 5.32 Å². The van der Waals surface area contributed by atoms with Crippen molar-refractivity contribution < 1.29 is 9.53 Å². The first kappa shape index (κ1) is 13.9. The number of ether oxygens (including phenoxy) is 1. The lowest BCUT2D eigenvalue weighted by molar-refractivity contribution is -0.115. The van der Waals surface area contributed by atoms with Gasteiger partial charge in [-0.2, -0.15) is 0 Å². The first-order valence-corrected chi connectivity index (χ1v) is 6.38. The van der Waals surface area contributed by atoms with Crippen LogP contribution in [0.25, 0.3) is 6.08 Å². The highest BCUT2D eigenvalue weighted by Gasteiger charge is 2.10. The van der Waals surface area contributed by atoms with Gasteiger partial charge in [0.1, 0.15) is 0 Å². The molecule has 0 aliphatic carbocycles. The van der Waals surface area contributed by atoms with Crippen LogP contribution in [0.4, 0.5) is 5.69 Å². The summed E-state index contributed by atoms with van der Waals surface area (Å²) in [6, 6.07) is 17.2. The van der Waals surface area contributed by atoms with Crippen LogP contribution in [0.1, 0.15) is 11.1 Å². The van der Waals surface area contributed by atoms with Crippen LogP contribution in [-0.4, -0.2) is 13.0 Å². The molecule has 3 nitrogen and oxygen atoms in total. The molecule has 0 aliphatic rings. The van der Waals surface area contributed by atoms with E-state index in [2.05, 4.69) is 5.32 Å². The molecule has 0 bridgehead atoms. The zero-order valence-electron chi connectivity index (χ0n) is 11.6. The molecule has 3 heteroatoms. The fraction of sp³-hybridized carbons (Fsp3) is 0.118. The molecule has 2 aromatic carbocycles. The van der Waals surface area contributed by atoms with Gasteiger partial charge in [-0.05, 0) is 30.7 Å². The Morgan fingerprint density at radius 1 is 1.05 bits per heavy atom. The number of hydrogen-bond donors (Lipinski definition) is 1. The molecule has 2 rings (SSSR count). The summed E-state index contributed by atoms with van der Waals surface area (Å²) in [6.07, 6.45) is 1.71. The van der Waals surface area contributed by atoms with E-state index in [-0.39, 0.29) is 11.7 Å². The Labute approximate surface area is 118 Å². The molecule has 0 spiro atoms. The maximum absolute atomic E-state index is 12.1. The minimum absolute atomic E-state index is 0.264. The van der Waals surface area contributed by atoms with Gasteiger partial charge in [0.05, 0.1) is 7.11 Å². The zero-order chi connectivity index (χ0) is 14.4. The second-order valence-corrected chi connectivity index (χ2v) is 4.44. The predicted molar refractivity (Wildman–Crippen MR) is 81.2 cm³/mol. The van der Waals surface area contributed by atoms with Crippen LogP contribution in [0, 0.1) is 6.92 Å². The summed E-state index contributed by atoms with van der Waals surface area (Å²) in [5.41, 5.74) is 2.81. The van der Waals surface area contributed by atoms with Crippen molar-refractivity contribution in [3.8, 4) is 0 Å². The quantitative estimate of drug-likeness (QED) is 0.678. The molecule has 2 aromatic rings. The first-order valence-electron chi connectivity index (χ1n) is 6.38. The van der Waals surface area contributed by atoms with Gasteiger partial charge in [0, 0.05) is 5.69 Å². The van der Waals surface area contributed by atoms with Crippen LogP contribution in [-0.2, 0) is 9.53 Å². The van der Waals surface area contributed by atoms with Crippen LogP contribution in [0.15, 0.2) is 60.4 Å². The molecule has 0 atom stereocenters. The van der Waals surface area contributed by atoms with Gasteiger partial charge in [0.2, 0.25) is 0 Å². The van der Waals surface area contributed by atoms with Crippen molar-refractivity contribution in [1.82, 2.24) is 0 Å². The molecule has 0 aliphatic heterocycles. The monoisotopic (exact) mass is 267 g/mol. The molecule has 102 valence electrons. The number of amides is 1. The molecule has 1 amide bonds. The van der Waals surface area contributed by atoms with Crippen molar-refractivity contribution in [1.29, 1.82) is 0 Å². The normalized spacial score (nSPS) is 11.0.